The highest BCUT2D eigenvalue weighted by molar-refractivity contribution is 6.17. The Labute approximate surface area is 293 Å². The van der Waals surface area contributed by atoms with Crippen molar-refractivity contribution in [2.24, 2.45) is 0 Å². The zero-order chi connectivity index (χ0) is 34.4. The Morgan fingerprint density at radius 1 is 0.500 bits per heavy atom. The molecule has 1 rings (SSSR count). The third kappa shape index (κ3) is 30.5. The molecule has 0 saturated carbocycles. The van der Waals surface area contributed by atoms with E-state index in [1.54, 1.807) is 12.1 Å². The number of carbonyl (C=O) groups is 1. The van der Waals surface area contributed by atoms with Crippen molar-refractivity contribution < 1.29 is 52.2 Å². The van der Waals surface area contributed by atoms with Crippen LogP contribution in [0.1, 0.15) is 55.8 Å². The minimum Gasteiger partial charge on any atom is -0.460 e. The molecule has 48 heavy (non-hydrogen) atoms. The molecular formula is C35H62ClNO11. The van der Waals surface area contributed by atoms with E-state index < -0.39 is 0 Å². The molecule has 0 bridgehead atoms. The highest BCUT2D eigenvalue weighted by atomic mass is 35.5. The van der Waals surface area contributed by atoms with Crippen molar-refractivity contribution in [3.8, 4) is 0 Å². The monoisotopic (exact) mass is 707 g/mol. The lowest BCUT2D eigenvalue weighted by Gasteiger charge is -2.09. The van der Waals surface area contributed by atoms with Crippen molar-refractivity contribution in [2.75, 3.05) is 143 Å². The summed E-state index contributed by atoms with van der Waals surface area (Å²) in [5.74, 6) is 0.382. The van der Waals surface area contributed by atoms with Gasteiger partial charge in [-0.05, 0) is 43.5 Å². The number of hydrogen-bond acceptors (Lipinski definition) is 12. The van der Waals surface area contributed by atoms with Crippen LogP contribution in [-0.4, -0.2) is 144 Å². The van der Waals surface area contributed by atoms with Gasteiger partial charge in [-0.2, -0.15) is 0 Å². The number of anilines is 1. The molecule has 0 radical (unpaired) electrons. The first-order valence-electron chi connectivity index (χ1n) is 17.5. The summed E-state index contributed by atoms with van der Waals surface area (Å²) < 4.78 is 54.6. The second-order valence-corrected chi connectivity index (χ2v) is 11.0. The van der Waals surface area contributed by atoms with Gasteiger partial charge in [0, 0.05) is 24.7 Å². The summed E-state index contributed by atoms with van der Waals surface area (Å²) in [4.78, 5) is 12.1. The Balaban J connectivity index is 1.70. The fourth-order valence-corrected chi connectivity index (χ4v) is 4.11. The van der Waals surface area contributed by atoms with E-state index in [-0.39, 0.29) is 12.6 Å². The molecule has 13 heteroatoms. The van der Waals surface area contributed by atoms with Gasteiger partial charge < -0.3 is 52.7 Å². The molecule has 1 aromatic rings. The molecule has 0 spiro atoms. The third-order valence-electron chi connectivity index (χ3n) is 6.59. The fraction of sp³-hybridized carbons (Fsp3) is 0.800. The van der Waals surface area contributed by atoms with Crippen molar-refractivity contribution in [1.82, 2.24) is 0 Å². The van der Waals surface area contributed by atoms with Gasteiger partial charge in [-0.3, -0.25) is 0 Å². The number of alkyl halides is 1. The van der Waals surface area contributed by atoms with Crippen molar-refractivity contribution >= 4 is 23.3 Å². The largest absolute Gasteiger partial charge is 0.460 e. The van der Waals surface area contributed by atoms with Gasteiger partial charge in [0.25, 0.3) is 0 Å². The number of benzene rings is 1. The maximum atomic E-state index is 12.1. The summed E-state index contributed by atoms with van der Waals surface area (Å²) in [5, 5.41) is 3.32. The summed E-state index contributed by atoms with van der Waals surface area (Å²) in [6.45, 7) is 12.5. The Morgan fingerprint density at radius 2 is 0.875 bits per heavy atom. The van der Waals surface area contributed by atoms with Gasteiger partial charge in [0.2, 0.25) is 0 Å². The van der Waals surface area contributed by atoms with Crippen LogP contribution in [0.3, 0.4) is 0 Å². The van der Waals surface area contributed by atoms with Crippen LogP contribution in [0.2, 0.25) is 0 Å². The number of unbranched alkanes of at least 4 members (excludes halogenated alkanes) is 4. The number of halogens is 1. The summed E-state index contributed by atoms with van der Waals surface area (Å²) in [6.07, 6.45) is 6.73. The Kier molecular flexibility index (Phi) is 34.0. The van der Waals surface area contributed by atoms with E-state index in [4.69, 9.17) is 59.0 Å². The predicted molar refractivity (Wildman–Crippen MR) is 187 cm³/mol. The molecule has 0 aliphatic heterocycles. The van der Waals surface area contributed by atoms with Crippen molar-refractivity contribution in [3.05, 3.63) is 29.8 Å². The number of carbonyl (C=O) groups excluding carboxylic acids is 1. The minimum atomic E-state index is -0.359. The molecule has 0 saturated heterocycles. The van der Waals surface area contributed by atoms with Crippen molar-refractivity contribution in [1.29, 1.82) is 0 Å². The second-order valence-electron chi connectivity index (χ2n) is 10.6. The molecule has 0 fully saturated rings. The van der Waals surface area contributed by atoms with Crippen LogP contribution in [0, 0.1) is 0 Å². The number of ether oxygens (including phenoxy) is 10. The lowest BCUT2D eigenvalue weighted by atomic mass is 10.2. The lowest BCUT2D eigenvalue weighted by molar-refractivity contribution is -0.0259. The second kappa shape index (κ2) is 36.7. The first-order valence-corrected chi connectivity index (χ1v) is 18.1. The summed E-state index contributed by atoms with van der Waals surface area (Å²) >= 11 is 5.65. The molecule has 12 nitrogen and oxygen atoms in total. The zero-order valence-corrected chi connectivity index (χ0v) is 30.0. The average molecular weight is 708 g/mol. The first-order chi connectivity index (χ1) is 23.8. The van der Waals surface area contributed by atoms with E-state index in [9.17, 15) is 4.79 Å². The molecule has 0 aliphatic carbocycles. The smallest absolute Gasteiger partial charge is 0.338 e. The Hall–Kier alpha value is -1.58. The highest BCUT2D eigenvalue weighted by Crippen LogP contribution is 2.11. The molecule has 0 amide bonds. The van der Waals surface area contributed by atoms with Gasteiger partial charge in [0.1, 0.15) is 6.61 Å². The van der Waals surface area contributed by atoms with Crippen LogP contribution in [-0.2, 0) is 47.4 Å². The van der Waals surface area contributed by atoms with Crippen molar-refractivity contribution in [2.45, 2.75) is 45.4 Å². The number of hydrogen-bond donors (Lipinski definition) is 1. The number of nitrogens with one attached hydrogen (secondary N) is 1. The van der Waals surface area contributed by atoms with Crippen LogP contribution in [0.4, 0.5) is 5.69 Å². The number of esters is 1. The van der Waals surface area contributed by atoms with E-state index in [0.717, 1.165) is 56.8 Å². The summed E-state index contributed by atoms with van der Waals surface area (Å²) in [7, 11) is 0. The highest BCUT2D eigenvalue weighted by Gasteiger charge is 2.07. The quantitative estimate of drug-likeness (QED) is 0.0566. The fourth-order valence-electron chi connectivity index (χ4n) is 3.92. The molecule has 0 heterocycles. The molecule has 1 N–H and O–H groups in total. The molecule has 0 unspecified atom stereocenters. The Bertz CT molecular complexity index is 807. The van der Waals surface area contributed by atoms with Crippen LogP contribution in [0.15, 0.2) is 24.3 Å². The van der Waals surface area contributed by atoms with Gasteiger partial charge in [-0.15, -0.1) is 11.6 Å². The standard InChI is InChI=1S/C35H62ClNO11/c1-2-3-13-37-34-10-8-33(9-11-34)35(38)48-32-31-47-30-29-46-28-27-45-26-25-44-24-23-43-22-21-42-20-19-41-18-17-40-16-15-39-14-7-5-4-6-12-36/h8-11,37H,2-7,12-32H2,1H3. The van der Waals surface area contributed by atoms with Crippen LogP contribution in [0.5, 0.6) is 0 Å². The minimum absolute atomic E-state index is 0.193. The average Bonchev–Trinajstić information content (AvgIpc) is 3.10. The van der Waals surface area contributed by atoms with E-state index in [2.05, 4.69) is 12.2 Å². The topological polar surface area (TPSA) is 121 Å². The van der Waals surface area contributed by atoms with E-state index in [0.29, 0.717) is 118 Å². The molecule has 1 aromatic carbocycles. The molecule has 280 valence electrons. The van der Waals surface area contributed by atoms with Crippen LogP contribution < -0.4 is 5.32 Å². The molecular weight excluding hydrogens is 646 g/mol. The molecule has 0 atom stereocenters. The SMILES string of the molecule is CCCCNc1ccc(C(=O)OCCOCCOCCOCCOCCOCCOCCOCCOCCOCCCCCCCl)cc1. The van der Waals surface area contributed by atoms with Crippen LogP contribution in [0.25, 0.3) is 0 Å². The van der Waals surface area contributed by atoms with E-state index in [1.807, 2.05) is 12.1 Å². The van der Waals surface area contributed by atoms with E-state index in [1.165, 1.54) is 6.42 Å². The zero-order valence-electron chi connectivity index (χ0n) is 29.3. The molecule has 0 aromatic heterocycles. The Morgan fingerprint density at radius 3 is 1.27 bits per heavy atom. The maximum Gasteiger partial charge on any atom is 0.338 e. The van der Waals surface area contributed by atoms with Gasteiger partial charge in [0.15, 0.2) is 0 Å². The van der Waals surface area contributed by atoms with E-state index >= 15 is 0 Å². The summed E-state index contributed by atoms with van der Waals surface area (Å²) in [6, 6.07) is 7.30. The first kappa shape index (κ1) is 44.4. The number of rotatable bonds is 38. The van der Waals surface area contributed by atoms with Crippen LogP contribution >= 0.6 is 11.6 Å². The summed E-state index contributed by atoms with van der Waals surface area (Å²) in [5.41, 5.74) is 1.52. The van der Waals surface area contributed by atoms with Gasteiger partial charge >= 0.3 is 5.97 Å². The predicted octanol–water partition coefficient (Wildman–Crippen LogP) is 5.00. The van der Waals surface area contributed by atoms with Crippen molar-refractivity contribution in [3.63, 3.8) is 0 Å². The third-order valence-corrected chi connectivity index (χ3v) is 6.86. The lowest BCUT2D eigenvalue weighted by Crippen LogP contribution is -2.15. The van der Waals surface area contributed by atoms with Gasteiger partial charge in [-0.25, -0.2) is 4.79 Å². The normalized spacial score (nSPS) is 11.3. The van der Waals surface area contributed by atoms with Gasteiger partial charge in [-0.1, -0.05) is 26.2 Å². The molecule has 0 aliphatic rings. The van der Waals surface area contributed by atoms with Gasteiger partial charge in [0.05, 0.1) is 118 Å². The maximum absolute atomic E-state index is 12.1.